The van der Waals surface area contributed by atoms with Gasteiger partial charge in [0.1, 0.15) is 0 Å². The molecular weight excluding hydrogens is 338 g/mol. The number of halogens is 1. The second-order valence-corrected chi connectivity index (χ2v) is 9.04. The van der Waals surface area contributed by atoms with Gasteiger partial charge in [-0.25, -0.2) is 8.42 Å². The molecular formula is C11H16BrNO3S2. The van der Waals surface area contributed by atoms with Gasteiger partial charge in [-0.1, -0.05) is 0 Å². The molecule has 102 valence electrons. The monoisotopic (exact) mass is 353 g/mol. The summed E-state index contributed by atoms with van der Waals surface area (Å²) in [6, 6.07) is 1.68. The van der Waals surface area contributed by atoms with E-state index in [0.717, 1.165) is 15.1 Å². The van der Waals surface area contributed by atoms with Crippen LogP contribution in [-0.2, 0) is 10.0 Å². The first-order valence-corrected chi connectivity index (χ1v) is 8.87. The summed E-state index contributed by atoms with van der Waals surface area (Å²) in [5.41, 5.74) is 0. The van der Waals surface area contributed by atoms with Crippen molar-refractivity contribution in [2.75, 3.05) is 19.7 Å². The molecule has 1 aromatic heterocycles. The number of aliphatic hydroxyl groups excluding tert-OH is 1. The average molecular weight is 354 g/mol. The number of thiophene rings is 1. The third kappa shape index (κ3) is 2.80. The fourth-order valence-corrected chi connectivity index (χ4v) is 6.17. The van der Waals surface area contributed by atoms with Gasteiger partial charge in [0.25, 0.3) is 0 Å². The number of hydrogen-bond donors (Lipinski definition) is 1. The van der Waals surface area contributed by atoms with Crippen LogP contribution in [-0.4, -0.2) is 37.5 Å². The molecule has 0 radical (unpaired) electrons. The molecule has 18 heavy (non-hydrogen) atoms. The standard InChI is InChI=1S/C11H16BrNO3S2/c1-8-10(6-11(12)17-8)18(15,16)13-4-2-9(7-13)3-5-14/h6,9,14H,2-5,7H2,1H3. The van der Waals surface area contributed by atoms with Crippen LogP contribution in [0.3, 0.4) is 0 Å². The summed E-state index contributed by atoms with van der Waals surface area (Å²) in [6.07, 6.45) is 1.52. The topological polar surface area (TPSA) is 57.6 Å². The molecule has 0 aliphatic carbocycles. The summed E-state index contributed by atoms with van der Waals surface area (Å²) in [7, 11) is -3.37. The lowest BCUT2D eigenvalue weighted by Gasteiger charge is -2.16. The quantitative estimate of drug-likeness (QED) is 0.902. The Morgan fingerprint density at radius 2 is 2.33 bits per heavy atom. The van der Waals surface area contributed by atoms with Crippen molar-refractivity contribution < 1.29 is 13.5 Å². The van der Waals surface area contributed by atoms with Crippen LogP contribution in [0.15, 0.2) is 14.7 Å². The van der Waals surface area contributed by atoms with Gasteiger partial charge in [-0.05, 0) is 47.7 Å². The van der Waals surface area contributed by atoms with Crippen molar-refractivity contribution in [3.8, 4) is 0 Å². The van der Waals surface area contributed by atoms with Crippen LogP contribution in [0.5, 0.6) is 0 Å². The molecule has 7 heteroatoms. The van der Waals surface area contributed by atoms with Crippen molar-refractivity contribution in [2.24, 2.45) is 5.92 Å². The van der Waals surface area contributed by atoms with E-state index in [9.17, 15) is 8.42 Å². The highest BCUT2D eigenvalue weighted by molar-refractivity contribution is 9.11. The SMILES string of the molecule is Cc1sc(Br)cc1S(=O)(=O)N1CCC(CCO)C1. The van der Waals surface area contributed by atoms with Gasteiger partial charge in [0.15, 0.2) is 0 Å². The lowest BCUT2D eigenvalue weighted by molar-refractivity contribution is 0.259. The van der Waals surface area contributed by atoms with Crippen molar-refractivity contribution in [3.63, 3.8) is 0 Å². The fourth-order valence-electron chi connectivity index (χ4n) is 2.26. The minimum atomic E-state index is -3.37. The van der Waals surface area contributed by atoms with Crippen molar-refractivity contribution in [3.05, 3.63) is 14.7 Å². The normalized spacial score (nSPS) is 21.6. The van der Waals surface area contributed by atoms with Crippen molar-refractivity contribution >= 4 is 37.3 Å². The maximum atomic E-state index is 12.5. The molecule has 1 N–H and O–H groups in total. The highest BCUT2D eigenvalue weighted by Gasteiger charge is 2.33. The maximum absolute atomic E-state index is 12.5. The van der Waals surface area contributed by atoms with Gasteiger partial charge >= 0.3 is 0 Å². The highest BCUT2D eigenvalue weighted by atomic mass is 79.9. The molecule has 0 spiro atoms. The number of aliphatic hydroxyl groups is 1. The van der Waals surface area contributed by atoms with E-state index in [4.69, 9.17) is 5.11 Å². The first-order valence-electron chi connectivity index (χ1n) is 5.82. The Balaban J connectivity index is 2.20. The summed E-state index contributed by atoms with van der Waals surface area (Å²) in [5, 5.41) is 8.91. The first-order chi connectivity index (χ1) is 8.45. The Morgan fingerprint density at radius 1 is 1.61 bits per heavy atom. The summed E-state index contributed by atoms with van der Waals surface area (Å²) < 4.78 is 27.3. The van der Waals surface area contributed by atoms with Gasteiger partial charge in [0.2, 0.25) is 10.0 Å². The molecule has 0 bridgehead atoms. The second-order valence-electron chi connectivity index (χ2n) is 4.50. The van der Waals surface area contributed by atoms with E-state index < -0.39 is 10.0 Å². The van der Waals surface area contributed by atoms with Crippen molar-refractivity contribution in [2.45, 2.75) is 24.7 Å². The highest BCUT2D eigenvalue weighted by Crippen LogP contribution is 2.33. The van der Waals surface area contributed by atoms with Crippen molar-refractivity contribution in [1.29, 1.82) is 0 Å². The Labute approximate surface area is 120 Å². The molecule has 1 aromatic rings. The lowest BCUT2D eigenvalue weighted by Crippen LogP contribution is -2.29. The van der Waals surface area contributed by atoms with Gasteiger partial charge in [-0.3, -0.25) is 0 Å². The lowest BCUT2D eigenvalue weighted by atomic mass is 10.1. The van der Waals surface area contributed by atoms with Crippen LogP contribution in [0, 0.1) is 12.8 Å². The third-order valence-electron chi connectivity index (χ3n) is 3.25. The van der Waals surface area contributed by atoms with Gasteiger partial charge in [-0.2, -0.15) is 4.31 Å². The summed E-state index contributed by atoms with van der Waals surface area (Å²) in [6.45, 7) is 3.03. The largest absolute Gasteiger partial charge is 0.396 e. The minimum Gasteiger partial charge on any atom is -0.396 e. The average Bonchev–Trinajstić information content (AvgIpc) is 2.86. The number of aryl methyl sites for hydroxylation is 1. The zero-order valence-electron chi connectivity index (χ0n) is 10.1. The molecule has 4 nitrogen and oxygen atoms in total. The zero-order valence-corrected chi connectivity index (χ0v) is 13.3. The van der Waals surface area contributed by atoms with E-state index in [2.05, 4.69) is 15.9 Å². The number of hydrogen-bond acceptors (Lipinski definition) is 4. The van der Waals surface area contributed by atoms with Crippen LogP contribution >= 0.6 is 27.3 Å². The molecule has 0 amide bonds. The number of rotatable bonds is 4. The van der Waals surface area contributed by atoms with Crippen LogP contribution in [0.25, 0.3) is 0 Å². The van der Waals surface area contributed by atoms with E-state index >= 15 is 0 Å². The van der Waals surface area contributed by atoms with Gasteiger partial charge < -0.3 is 5.11 Å². The van der Waals surface area contributed by atoms with Crippen LogP contribution in [0.1, 0.15) is 17.7 Å². The molecule has 2 heterocycles. The van der Waals surface area contributed by atoms with E-state index in [-0.39, 0.29) is 12.5 Å². The molecule has 1 atom stereocenters. The molecule has 0 saturated carbocycles. The van der Waals surface area contributed by atoms with E-state index in [1.165, 1.54) is 15.6 Å². The Kier molecular flexibility index (Phi) is 4.48. The maximum Gasteiger partial charge on any atom is 0.244 e. The smallest absolute Gasteiger partial charge is 0.244 e. The predicted octanol–water partition coefficient (Wildman–Crippen LogP) is 2.21. The molecule has 1 saturated heterocycles. The van der Waals surface area contributed by atoms with Crippen molar-refractivity contribution in [1.82, 2.24) is 4.31 Å². The third-order valence-corrected chi connectivity index (χ3v) is 6.92. The van der Waals surface area contributed by atoms with Gasteiger partial charge in [0, 0.05) is 24.6 Å². The zero-order chi connectivity index (χ0) is 13.3. The Morgan fingerprint density at radius 3 is 2.89 bits per heavy atom. The molecule has 1 fully saturated rings. The Bertz CT molecular complexity index is 526. The molecule has 1 aliphatic heterocycles. The minimum absolute atomic E-state index is 0.127. The van der Waals surface area contributed by atoms with Crippen LogP contribution < -0.4 is 0 Å². The number of nitrogens with zero attached hydrogens (tertiary/aromatic N) is 1. The molecule has 2 rings (SSSR count). The molecule has 0 aromatic carbocycles. The van der Waals surface area contributed by atoms with E-state index in [0.29, 0.717) is 24.4 Å². The summed E-state index contributed by atoms with van der Waals surface area (Å²) in [5.74, 6) is 0.284. The van der Waals surface area contributed by atoms with Gasteiger partial charge in [-0.15, -0.1) is 11.3 Å². The summed E-state index contributed by atoms with van der Waals surface area (Å²) >= 11 is 4.76. The van der Waals surface area contributed by atoms with Crippen LogP contribution in [0.4, 0.5) is 0 Å². The Hall–Kier alpha value is 0.0500. The first kappa shape index (κ1) is 14.5. The number of sulfonamides is 1. The van der Waals surface area contributed by atoms with E-state index in [1.807, 2.05) is 6.92 Å². The predicted molar refractivity (Wildman–Crippen MR) is 75.3 cm³/mol. The van der Waals surface area contributed by atoms with Gasteiger partial charge in [0.05, 0.1) is 8.68 Å². The fraction of sp³-hybridized carbons (Fsp3) is 0.636. The second kappa shape index (κ2) is 5.58. The van der Waals surface area contributed by atoms with E-state index in [1.54, 1.807) is 6.07 Å². The van der Waals surface area contributed by atoms with Crippen LogP contribution in [0.2, 0.25) is 0 Å². The molecule has 1 aliphatic rings. The molecule has 1 unspecified atom stereocenters. The summed E-state index contributed by atoms with van der Waals surface area (Å²) in [4.78, 5) is 1.22.